The minimum absolute atomic E-state index is 0.0843. The van der Waals surface area contributed by atoms with Crippen molar-refractivity contribution in [2.75, 3.05) is 0 Å². The van der Waals surface area contributed by atoms with Crippen LogP contribution in [0.5, 0.6) is 0 Å². The summed E-state index contributed by atoms with van der Waals surface area (Å²) < 4.78 is 1.22. The molecule has 0 unspecified atom stereocenters. The van der Waals surface area contributed by atoms with Crippen LogP contribution in [0.4, 0.5) is 0 Å². The van der Waals surface area contributed by atoms with Crippen molar-refractivity contribution in [2.45, 2.75) is 13.5 Å². The molecule has 80 valence electrons. The molecule has 1 aliphatic rings. The highest BCUT2D eigenvalue weighted by Gasteiger charge is 2.16. The zero-order chi connectivity index (χ0) is 11.1. The quantitative estimate of drug-likeness (QED) is 0.800. The second-order valence-corrected chi connectivity index (χ2v) is 4.95. The largest absolute Gasteiger partial charge is 0.391 e. The third-order valence-electron chi connectivity index (χ3n) is 2.85. The van der Waals surface area contributed by atoms with Crippen LogP contribution in [-0.4, -0.2) is 10.8 Å². The van der Waals surface area contributed by atoms with Gasteiger partial charge in [-0.1, -0.05) is 12.1 Å². The number of aliphatic imine (C=N–C) groups is 1. The minimum Gasteiger partial charge on any atom is -0.391 e. The van der Waals surface area contributed by atoms with Crippen LogP contribution >= 0.6 is 11.3 Å². The molecule has 2 heterocycles. The van der Waals surface area contributed by atoms with E-state index in [4.69, 9.17) is 0 Å². The van der Waals surface area contributed by atoms with Crippen LogP contribution in [-0.2, 0) is 6.61 Å². The van der Waals surface area contributed by atoms with Crippen molar-refractivity contribution in [1.29, 1.82) is 0 Å². The lowest BCUT2D eigenvalue weighted by Crippen LogP contribution is -1.96. The molecule has 1 aromatic carbocycles. The first-order valence-corrected chi connectivity index (χ1v) is 5.99. The number of hydrogen-bond donors (Lipinski definition) is 1. The lowest BCUT2D eigenvalue weighted by atomic mass is 10.0. The van der Waals surface area contributed by atoms with Gasteiger partial charge in [-0.15, -0.1) is 11.3 Å². The number of aliphatic hydroxyl groups is 1. The summed E-state index contributed by atoms with van der Waals surface area (Å²) in [5, 5.41) is 10.6. The van der Waals surface area contributed by atoms with Gasteiger partial charge in [0.15, 0.2) is 0 Å². The molecular formula is C13H11NOS. The third-order valence-corrected chi connectivity index (χ3v) is 3.99. The Morgan fingerprint density at radius 1 is 1.38 bits per heavy atom. The summed E-state index contributed by atoms with van der Waals surface area (Å²) in [4.78, 5) is 5.38. The van der Waals surface area contributed by atoms with Crippen LogP contribution < -0.4 is 0 Å². The molecule has 2 nitrogen and oxygen atoms in total. The monoisotopic (exact) mass is 229 g/mol. The van der Waals surface area contributed by atoms with E-state index >= 15 is 0 Å². The normalized spacial score (nSPS) is 14.0. The molecule has 2 aromatic rings. The summed E-state index contributed by atoms with van der Waals surface area (Å²) in [7, 11) is 0. The average molecular weight is 229 g/mol. The van der Waals surface area contributed by atoms with E-state index in [1.165, 1.54) is 15.6 Å². The van der Waals surface area contributed by atoms with E-state index in [9.17, 15) is 5.11 Å². The second-order valence-electron chi connectivity index (χ2n) is 3.81. The van der Waals surface area contributed by atoms with Gasteiger partial charge in [-0.25, -0.2) is 0 Å². The summed E-state index contributed by atoms with van der Waals surface area (Å²) >= 11 is 1.65. The van der Waals surface area contributed by atoms with E-state index in [1.54, 1.807) is 11.3 Å². The Morgan fingerprint density at radius 3 is 3.06 bits per heavy atom. The molecule has 3 heteroatoms. The van der Waals surface area contributed by atoms with E-state index in [1.807, 2.05) is 25.3 Å². The Balaban J connectivity index is 2.50. The fourth-order valence-electron chi connectivity index (χ4n) is 2.15. The smallest absolute Gasteiger partial charge is 0.0781 e. The van der Waals surface area contributed by atoms with Gasteiger partial charge < -0.3 is 5.11 Å². The third kappa shape index (κ3) is 1.25. The predicted molar refractivity (Wildman–Crippen MR) is 69.0 cm³/mol. The first-order chi connectivity index (χ1) is 7.81. The molecule has 0 fully saturated rings. The standard InChI is InChI=1S/C13H11NOS/c1-8-12-11(7-15)16-10-4-2-3-9(13(10)12)5-6-14-8/h2-6,15H,7H2,1H3. The number of benzene rings is 1. The SMILES string of the molecule is CC1=NC=Cc2cccc3sc(CO)c1c23. The maximum atomic E-state index is 9.41. The fourth-order valence-corrected chi connectivity index (χ4v) is 3.30. The number of nitrogens with zero attached hydrogens (tertiary/aromatic N) is 1. The molecule has 1 N–H and O–H groups in total. The number of rotatable bonds is 1. The topological polar surface area (TPSA) is 32.6 Å². The Morgan fingerprint density at radius 2 is 2.25 bits per heavy atom. The molecule has 0 radical (unpaired) electrons. The van der Waals surface area contributed by atoms with Crippen molar-refractivity contribution in [2.24, 2.45) is 4.99 Å². The first kappa shape index (κ1) is 9.75. The van der Waals surface area contributed by atoms with Gasteiger partial charge >= 0.3 is 0 Å². The van der Waals surface area contributed by atoms with Crippen LogP contribution in [0.3, 0.4) is 0 Å². The van der Waals surface area contributed by atoms with Gasteiger partial charge in [-0.05, 0) is 24.6 Å². The van der Waals surface area contributed by atoms with Gasteiger partial charge in [-0.2, -0.15) is 0 Å². The lowest BCUT2D eigenvalue weighted by Gasteiger charge is -2.01. The zero-order valence-electron chi connectivity index (χ0n) is 8.90. The average Bonchev–Trinajstić information content (AvgIpc) is 2.59. The van der Waals surface area contributed by atoms with Gasteiger partial charge in [0.25, 0.3) is 0 Å². The second kappa shape index (κ2) is 3.54. The number of hydrogen-bond acceptors (Lipinski definition) is 3. The van der Waals surface area contributed by atoms with E-state index in [0.29, 0.717) is 0 Å². The van der Waals surface area contributed by atoms with E-state index in [2.05, 4.69) is 17.1 Å². The molecule has 1 aromatic heterocycles. The van der Waals surface area contributed by atoms with E-state index in [0.717, 1.165) is 16.2 Å². The Bertz CT molecular complexity index is 622. The summed E-state index contributed by atoms with van der Waals surface area (Å²) in [6.45, 7) is 2.08. The molecule has 0 amide bonds. The predicted octanol–water partition coefficient (Wildman–Crippen LogP) is 3.19. The van der Waals surface area contributed by atoms with Crippen LogP contribution in [0.15, 0.2) is 29.4 Å². The van der Waals surface area contributed by atoms with Crippen LogP contribution in [0.25, 0.3) is 16.2 Å². The molecule has 0 saturated carbocycles. The molecule has 3 rings (SSSR count). The van der Waals surface area contributed by atoms with Crippen LogP contribution in [0.1, 0.15) is 22.9 Å². The lowest BCUT2D eigenvalue weighted by molar-refractivity contribution is 0.285. The molecule has 1 aliphatic heterocycles. The molecular weight excluding hydrogens is 218 g/mol. The van der Waals surface area contributed by atoms with Gasteiger partial charge in [-0.3, -0.25) is 4.99 Å². The number of aliphatic hydroxyl groups excluding tert-OH is 1. The highest BCUT2D eigenvalue weighted by Crippen LogP contribution is 2.36. The van der Waals surface area contributed by atoms with E-state index < -0.39 is 0 Å². The Kier molecular flexibility index (Phi) is 2.16. The highest BCUT2D eigenvalue weighted by atomic mass is 32.1. The molecule has 0 spiro atoms. The van der Waals surface area contributed by atoms with Gasteiger partial charge in [0.05, 0.1) is 6.61 Å². The van der Waals surface area contributed by atoms with Crippen molar-refractivity contribution in [3.05, 3.63) is 40.4 Å². The summed E-state index contributed by atoms with van der Waals surface area (Å²) in [5.41, 5.74) is 3.28. The van der Waals surface area contributed by atoms with Crippen LogP contribution in [0, 0.1) is 0 Å². The summed E-state index contributed by atoms with van der Waals surface area (Å²) in [5.74, 6) is 0. The van der Waals surface area contributed by atoms with Crippen molar-refractivity contribution in [3.8, 4) is 0 Å². The van der Waals surface area contributed by atoms with Crippen molar-refractivity contribution in [3.63, 3.8) is 0 Å². The maximum Gasteiger partial charge on any atom is 0.0781 e. The van der Waals surface area contributed by atoms with Gasteiger partial charge in [0, 0.05) is 32.4 Å². The Labute approximate surface area is 97.6 Å². The minimum atomic E-state index is 0.0843. The highest BCUT2D eigenvalue weighted by molar-refractivity contribution is 7.19. The van der Waals surface area contributed by atoms with Crippen molar-refractivity contribution < 1.29 is 5.11 Å². The maximum absolute atomic E-state index is 9.41. The zero-order valence-corrected chi connectivity index (χ0v) is 9.71. The molecule has 0 aliphatic carbocycles. The van der Waals surface area contributed by atoms with Gasteiger partial charge in [0.2, 0.25) is 0 Å². The van der Waals surface area contributed by atoms with Gasteiger partial charge in [0.1, 0.15) is 0 Å². The first-order valence-electron chi connectivity index (χ1n) is 5.18. The van der Waals surface area contributed by atoms with Crippen molar-refractivity contribution in [1.82, 2.24) is 0 Å². The van der Waals surface area contributed by atoms with Crippen LogP contribution in [0.2, 0.25) is 0 Å². The number of thiophene rings is 1. The fraction of sp³-hybridized carbons (Fsp3) is 0.154. The van der Waals surface area contributed by atoms with E-state index in [-0.39, 0.29) is 6.61 Å². The van der Waals surface area contributed by atoms with Crippen molar-refractivity contribution >= 4 is 33.2 Å². The Hall–Kier alpha value is -1.45. The molecule has 0 atom stereocenters. The summed E-state index contributed by atoms with van der Waals surface area (Å²) in [6.07, 6.45) is 3.85. The summed E-state index contributed by atoms with van der Waals surface area (Å²) in [6, 6.07) is 6.23. The molecule has 0 saturated heterocycles. The molecule has 16 heavy (non-hydrogen) atoms. The molecule has 0 bridgehead atoms.